The maximum atomic E-state index is 10.2. The molecule has 1 unspecified atom stereocenters. The number of thiophene rings is 1. The van der Waals surface area contributed by atoms with E-state index in [0.717, 1.165) is 24.4 Å². The van der Waals surface area contributed by atoms with E-state index in [9.17, 15) is 5.11 Å². The van der Waals surface area contributed by atoms with Gasteiger partial charge < -0.3 is 9.84 Å². The molecule has 1 N–H and O–H groups in total. The number of fused-ring (bicyclic) bond motifs is 1. The number of para-hydroxylation sites is 1. The first-order valence-corrected chi connectivity index (χ1v) is 7.94. The van der Waals surface area contributed by atoms with E-state index in [1.54, 1.807) is 11.3 Å². The Morgan fingerprint density at radius 3 is 2.78 bits per heavy atom. The largest absolute Gasteiger partial charge is 0.484 e. The molecule has 2 heterocycles. The highest BCUT2D eigenvalue weighted by Gasteiger charge is 2.29. The number of aliphatic hydroxyl groups excluding tert-OH is 1. The van der Waals surface area contributed by atoms with Gasteiger partial charge in [0, 0.05) is 21.3 Å². The topological polar surface area (TPSA) is 29.5 Å². The Morgan fingerprint density at radius 1 is 1.28 bits per heavy atom. The predicted molar refractivity (Wildman–Crippen MR) is 79.1 cm³/mol. The van der Waals surface area contributed by atoms with E-state index in [-0.39, 0.29) is 6.10 Å². The molecule has 0 radical (unpaired) electrons. The van der Waals surface area contributed by atoms with Crippen LogP contribution in [0.5, 0.6) is 5.75 Å². The summed E-state index contributed by atoms with van der Waals surface area (Å²) in [6.45, 7) is 0. The summed E-state index contributed by atoms with van der Waals surface area (Å²) in [5.41, 5.74) is 0.878. The van der Waals surface area contributed by atoms with Gasteiger partial charge in [0.25, 0.3) is 0 Å². The van der Waals surface area contributed by atoms with Crippen LogP contribution in [0.3, 0.4) is 0 Å². The third kappa shape index (κ3) is 2.25. The van der Waals surface area contributed by atoms with Crippen LogP contribution in [0.1, 0.15) is 29.1 Å². The lowest BCUT2D eigenvalue weighted by atomic mass is 9.98. The first kappa shape index (κ1) is 12.7. The monoisotopic (exact) mass is 388 g/mol. The summed E-state index contributed by atoms with van der Waals surface area (Å²) >= 11 is 8.59. The lowest BCUT2D eigenvalue weighted by molar-refractivity contribution is 0.0674. The molecular formula is C13H10Br2O2S. The van der Waals surface area contributed by atoms with E-state index < -0.39 is 6.10 Å². The molecule has 0 amide bonds. The van der Waals surface area contributed by atoms with Crippen LogP contribution in [0.2, 0.25) is 0 Å². The number of aliphatic hydroxyl groups is 1. The van der Waals surface area contributed by atoms with Gasteiger partial charge in [0.15, 0.2) is 0 Å². The fraction of sp³-hybridized carbons (Fsp3) is 0.231. The normalized spacial score (nSPS) is 22.4. The lowest BCUT2D eigenvalue weighted by Crippen LogP contribution is -2.18. The Kier molecular flexibility index (Phi) is 3.49. The summed E-state index contributed by atoms with van der Waals surface area (Å²) in [6.07, 6.45) is 0.0539. The highest BCUT2D eigenvalue weighted by molar-refractivity contribution is 9.13. The number of ether oxygens (including phenoxy) is 1. The second-order valence-corrected chi connectivity index (χ2v) is 7.42. The van der Waals surface area contributed by atoms with Crippen molar-refractivity contribution < 1.29 is 9.84 Å². The molecule has 18 heavy (non-hydrogen) atoms. The second-order valence-electron chi connectivity index (χ2n) is 4.17. The fourth-order valence-corrected chi connectivity index (χ4v) is 4.22. The first-order valence-electron chi connectivity index (χ1n) is 5.53. The predicted octanol–water partition coefficient (Wildman–Crippen LogP) is 4.83. The van der Waals surface area contributed by atoms with E-state index in [0.29, 0.717) is 6.42 Å². The SMILES string of the molecule is O[C@H]1CC(c2cc(Br)c(Br)s2)Oc2ccccc21. The molecule has 0 saturated carbocycles. The van der Waals surface area contributed by atoms with Crippen LogP contribution in [0, 0.1) is 0 Å². The van der Waals surface area contributed by atoms with Gasteiger partial charge in [-0.1, -0.05) is 18.2 Å². The van der Waals surface area contributed by atoms with Crippen molar-refractivity contribution in [2.24, 2.45) is 0 Å². The minimum atomic E-state index is -0.459. The molecule has 94 valence electrons. The molecule has 2 aromatic rings. The van der Waals surface area contributed by atoms with Crippen LogP contribution in [0.4, 0.5) is 0 Å². The Labute approximate surface area is 126 Å². The quantitative estimate of drug-likeness (QED) is 0.756. The third-order valence-corrected chi connectivity index (χ3v) is 6.31. The minimum Gasteiger partial charge on any atom is -0.484 e. The Morgan fingerprint density at radius 2 is 2.06 bits per heavy atom. The van der Waals surface area contributed by atoms with Gasteiger partial charge in [0.05, 0.1) is 9.89 Å². The van der Waals surface area contributed by atoms with Gasteiger partial charge in [-0.2, -0.15) is 0 Å². The average Bonchev–Trinajstić information content (AvgIpc) is 2.70. The van der Waals surface area contributed by atoms with Gasteiger partial charge in [0.2, 0.25) is 0 Å². The maximum absolute atomic E-state index is 10.2. The van der Waals surface area contributed by atoms with Crippen LogP contribution in [0.15, 0.2) is 38.6 Å². The summed E-state index contributed by atoms with van der Waals surface area (Å²) in [7, 11) is 0. The van der Waals surface area contributed by atoms with Gasteiger partial charge in [-0.05, 0) is 44.0 Å². The van der Waals surface area contributed by atoms with Crippen molar-refractivity contribution in [3.8, 4) is 5.75 Å². The minimum absolute atomic E-state index is 0.0810. The summed E-state index contributed by atoms with van der Waals surface area (Å²) in [5.74, 6) is 0.780. The summed E-state index contributed by atoms with van der Waals surface area (Å²) in [6, 6.07) is 9.71. The van der Waals surface area contributed by atoms with Crippen LogP contribution in [-0.2, 0) is 0 Å². The zero-order chi connectivity index (χ0) is 12.7. The van der Waals surface area contributed by atoms with Crippen molar-refractivity contribution in [3.63, 3.8) is 0 Å². The third-order valence-electron chi connectivity index (χ3n) is 2.97. The van der Waals surface area contributed by atoms with Crippen LogP contribution in [-0.4, -0.2) is 5.11 Å². The molecule has 0 bridgehead atoms. The standard InChI is InChI=1S/C13H10Br2O2S/c14-8-5-12(18-13(8)15)11-6-9(16)7-3-1-2-4-10(7)17-11/h1-5,9,11,16H,6H2/t9-,11?/m0/s1. The number of rotatable bonds is 1. The number of hydrogen-bond acceptors (Lipinski definition) is 3. The molecule has 1 aromatic carbocycles. The van der Waals surface area contributed by atoms with Crippen molar-refractivity contribution >= 4 is 43.2 Å². The van der Waals surface area contributed by atoms with E-state index >= 15 is 0 Å². The number of hydrogen-bond donors (Lipinski definition) is 1. The van der Waals surface area contributed by atoms with Gasteiger partial charge >= 0.3 is 0 Å². The van der Waals surface area contributed by atoms with Gasteiger partial charge in [0.1, 0.15) is 11.9 Å². The van der Waals surface area contributed by atoms with Crippen LogP contribution < -0.4 is 4.74 Å². The highest BCUT2D eigenvalue weighted by atomic mass is 79.9. The molecule has 1 aliphatic heterocycles. The molecule has 0 saturated heterocycles. The zero-order valence-corrected chi connectivity index (χ0v) is 13.3. The maximum Gasteiger partial charge on any atom is 0.136 e. The smallest absolute Gasteiger partial charge is 0.136 e. The molecule has 0 spiro atoms. The molecule has 3 rings (SSSR count). The Bertz CT molecular complexity index is 563. The Balaban J connectivity index is 1.94. The van der Waals surface area contributed by atoms with Crippen molar-refractivity contribution in [1.82, 2.24) is 0 Å². The summed E-state index contributed by atoms with van der Waals surface area (Å²) < 4.78 is 8.04. The van der Waals surface area contributed by atoms with Gasteiger partial charge in [-0.3, -0.25) is 0 Å². The van der Waals surface area contributed by atoms with Crippen molar-refractivity contribution in [2.45, 2.75) is 18.6 Å². The van der Waals surface area contributed by atoms with Gasteiger partial charge in [-0.25, -0.2) is 0 Å². The summed E-state index contributed by atoms with van der Waals surface area (Å²) in [5, 5.41) is 10.2. The molecular weight excluding hydrogens is 380 g/mol. The number of halogens is 2. The molecule has 2 nitrogen and oxygen atoms in total. The fourth-order valence-electron chi connectivity index (χ4n) is 2.09. The molecule has 0 fully saturated rings. The first-order chi connectivity index (χ1) is 8.65. The second kappa shape index (κ2) is 4.96. The number of benzene rings is 1. The molecule has 0 aliphatic carbocycles. The van der Waals surface area contributed by atoms with E-state index in [1.807, 2.05) is 30.3 Å². The van der Waals surface area contributed by atoms with Crippen LogP contribution >= 0.6 is 43.2 Å². The van der Waals surface area contributed by atoms with E-state index in [1.165, 1.54) is 0 Å². The molecule has 1 aliphatic rings. The highest BCUT2D eigenvalue weighted by Crippen LogP contribution is 2.44. The zero-order valence-electron chi connectivity index (χ0n) is 9.27. The average molecular weight is 390 g/mol. The summed E-state index contributed by atoms with van der Waals surface area (Å²) in [4.78, 5) is 1.11. The van der Waals surface area contributed by atoms with Gasteiger partial charge in [-0.15, -0.1) is 11.3 Å². The molecule has 1 aromatic heterocycles. The molecule has 5 heteroatoms. The van der Waals surface area contributed by atoms with Crippen molar-refractivity contribution in [3.05, 3.63) is 49.0 Å². The van der Waals surface area contributed by atoms with Crippen LogP contribution in [0.25, 0.3) is 0 Å². The van der Waals surface area contributed by atoms with Crippen molar-refractivity contribution in [1.29, 1.82) is 0 Å². The van der Waals surface area contributed by atoms with Crippen molar-refractivity contribution in [2.75, 3.05) is 0 Å². The molecule has 2 atom stereocenters. The van der Waals surface area contributed by atoms with E-state index in [4.69, 9.17) is 4.74 Å². The van der Waals surface area contributed by atoms with E-state index in [2.05, 4.69) is 31.9 Å². The lowest BCUT2D eigenvalue weighted by Gasteiger charge is -2.28. The Hall–Kier alpha value is -0.360.